The number of carbonyl (C=O) groups is 2. The average molecular weight is 376 g/mol. The van der Waals surface area contributed by atoms with Gasteiger partial charge in [-0.05, 0) is 44.5 Å². The molecule has 1 atom stereocenters. The zero-order valence-corrected chi connectivity index (χ0v) is 16.1. The molecule has 1 aromatic carbocycles. The first kappa shape index (κ1) is 19.9. The summed E-state index contributed by atoms with van der Waals surface area (Å²) in [7, 11) is 0. The zero-order chi connectivity index (χ0) is 18.9. The third-order valence-electron chi connectivity index (χ3n) is 3.61. The molecule has 0 aliphatic carbocycles. The first-order valence-electron chi connectivity index (χ1n) is 8.58. The summed E-state index contributed by atoms with van der Waals surface area (Å²) < 4.78 is 10.7. The van der Waals surface area contributed by atoms with E-state index in [-0.39, 0.29) is 18.6 Å². The summed E-state index contributed by atoms with van der Waals surface area (Å²) in [5.41, 5.74) is 1.25. The van der Waals surface area contributed by atoms with Crippen molar-refractivity contribution in [2.75, 3.05) is 6.61 Å². The van der Waals surface area contributed by atoms with Gasteiger partial charge in [0.15, 0.2) is 6.61 Å². The van der Waals surface area contributed by atoms with Gasteiger partial charge in [-0.15, -0.1) is 11.3 Å². The van der Waals surface area contributed by atoms with E-state index in [0.29, 0.717) is 17.9 Å². The van der Waals surface area contributed by atoms with Crippen LogP contribution in [0.2, 0.25) is 0 Å². The van der Waals surface area contributed by atoms with Crippen LogP contribution in [0.25, 0.3) is 0 Å². The minimum Gasteiger partial charge on any atom is -0.487 e. The van der Waals surface area contributed by atoms with Crippen molar-refractivity contribution in [3.63, 3.8) is 0 Å². The molecule has 26 heavy (non-hydrogen) atoms. The van der Waals surface area contributed by atoms with Crippen molar-refractivity contribution in [3.8, 4) is 5.75 Å². The number of carbonyl (C=O) groups excluding carboxylic acids is 2. The average Bonchev–Trinajstić information content (AvgIpc) is 3.04. The lowest BCUT2D eigenvalue weighted by Gasteiger charge is -2.12. The topological polar surface area (TPSA) is 77.5 Å². The van der Waals surface area contributed by atoms with Gasteiger partial charge in [-0.1, -0.05) is 13.3 Å². The summed E-state index contributed by atoms with van der Waals surface area (Å²) >= 11 is 1.57. The summed E-state index contributed by atoms with van der Waals surface area (Å²) in [4.78, 5) is 28.1. The minimum absolute atomic E-state index is 0.0733. The molecule has 0 spiro atoms. The lowest BCUT2D eigenvalue weighted by Crippen LogP contribution is -2.35. The fourth-order valence-corrected chi connectivity index (χ4v) is 2.95. The monoisotopic (exact) mass is 376 g/mol. The van der Waals surface area contributed by atoms with Crippen molar-refractivity contribution in [2.24, 2.45) is 0 Å². The lowest BCUT2D eigenvalue weighted by molar-refractivity contribution is -0.124. The number of amides is 1. The Labute approximate surface area is 157 Å². The molecule has 2 aromatic rings. The van der Waals surface area contributed by atoms with E-state index in [4.69, 9.17) is 9.47 Å². The second-order valence-electron chi connectivity index (χ2n) is 6.00. The molecule has 0 aliphatic rings. The Morgan fingerprint density at radius 3 is 2.62 bits per heavy atom. The van der Waals surface area contributed by atoms with Gasteiger partial charge in [0, 0.05) is 11.4 Å². The molecule has 1 heterocycles. The number of aryl methyl sites for hydroxylation is 1. The van der Waals surface area contributed by atoms with E-state index < -0.39 is 5.97 Å². The number of nitrogens with zero attached hydrogens (tertiary/aromatic N) is 1. The number of esters is 1. The number of benzene rings is 1. The summed E-state index contributed by atoms with van der Waals surface area (Å²) in [6, 6.07) is 6.69. The van der Waals surface area contributed by atoms with Crippen LogP contribution in [0.15, 0.2) is 29.6 Å². The van der Waals surface area contributed by atoms with Gasteiger partial charge in [0.05, 0.1) is 16.3 Å². The molecule has 6 nitrogen and oxygen atoms in total. The molecule has 7 heteroatoms. The highest BCUT2D eigenvalue weighted by atomic mass is 32.1. The maximum Gasteiger partial charge on any atom is 0.338 e. The van der Waals surface area contributed by atoms with Crippen LogP contribution in [-0.2, 0) is 16.1 Å². The van der Waals surface area contributed by atoms with E-state index in [1.165, 1.54) is 0 Å². The van der Waals surface area contributed by atoms with Crippen LogP contribution >= 0.6 is 11.3 Å². The molecule has 2 rings (SSSR count). The van der Waals surface area contributed by atoms with Crippen LogP contribution < -0.4 is 10.1 Å². The van der Waals surface area contributed by atoms with E-state index in [0.717, 1.165) is 23.5 Å². The molecule has 0 saturated heterocycles. The van der Waals surface area contributed by atoms with Crippen molar-refractivity contribution in [3.05, 3.63) is 45.9 Å². The largest absolute Gasteiger partial charge is 0.487 e. The number of hydrogen-bond donors (Lipinski definition) is 1. The fourth-order valence-electron chi connectivity index (χ4n) is 2.36. The third-order valence-corrected chi connectivity index (χ3v) is 4.43. The molecule has 0 unspecified atom stereocenters. The van der Waals surface area contributed by atoms with Crippen molar-refractivity contribution in [1.82, 2.24) is 10.3 Å². The smallest absolute Gasteiger partial charge is 0.338 e. The maximum absolute atomic E-state index is 12.0. The van der Waals surface area contributed by atoms with Crippen LogP contribution in [0.4, 0.5) is 0 Å². The van der Waals surface area contributed by atoms with Gasteiger partial charge < -0.3 is 14.8 Å². The molecule has 1 aromatic heterocycles. The Kier molecular flexibility index (Phi) is 7.59. The highest BCUT2D eigenvalue weighted by molar-refractivity contribution is 7.09. The van der Waals surface area contributed by atoms with Gasteiger partial charge in [0.1, 0.15) is 12.4 Å². The lowest BCUT2D eigenvalue weighted by atomic mass is 10.2. The molecule has 0 fully saturated rings. The van der Waals surface area contributed by atoms with Crippen LogP contribution in [0.5, 0.6) is 5.75 Å². The predicted octanol–water partition coefficient (Wildman–Crippen LogP) is 3.49. The second kappa shape index (κ2) is 9.91. The summed E-state index contributed by atoms with van der Waals surface area (Å²) in [6.45, 7) is 6.01. The summed E-state index contributed by atoms with van der Waals surface area (Å²) in [5, 5.41) is 5.74. The number of rotatable bonds is 9. The fraction of sp³-hybridized carbons (Fsp3) is 0.421. The number of nitrogens with one attached hydrogen (secondary N) is 1. The van der Waals surface area contributed by atoms with Crippen LogP contribution in [0, 0.1) is 6.92 Å². The summed E-state index contributed by atoms with van der Waals surface area (Å²) in [6.07, 6.45) is 1.87. The molecule has 1 N–H and O–H groups in total. The van der Waals surface area contributed by atoms with E-state index in [1.54, 1.807) is 35.6 Å². The van der Waals surface area contributed by atoms with Crippen LogP contribution in [-0.4, -0.2) is 29.5 Å². The number of aromatic nitrogens is 1. The van der Waals surface area contributed by atoms with Crippen molar-refractivity contribution in [2.45, 2.75) is 46.3 Å². The third kappa shape index (κ3) is 6.48. The first-order valence-corrected chi connectivity index (χ1v) is 9.46. The van der Waals surface area contributed by atoms with Crippen molar-refractivity contribution in [1.29, 1.82) is 0 Å². The minimum atomic E-state index is -0.537. The van der Waals surface area contributed by atoms with Crippen molar-refractivity contribution >= 4 is 23.2 Å². The molecule has 0 saturated carbocycles. The SMILES string of the molecule is CCC[C@@H](C)NC(=O)COC(=O)c1ccc(OCc2csc(C)n2)cc1. The number of thiazole rings is 1. The second-order valence-corrected chi connectivity index (χ2v) is 7.07. The van der Waals surface area contributed by atoms with Gasteiger partial charge in [0.2, 0.25) is 0 Å². The van der Waals surface area contributed by atoms with Gasteiger partial charge >= 0.3 is 5.97 Å². The van der Waals surface area contributed by atoms with Gasteiger partial charge in [0.25, 0.3) is 5.91 Å². The standard InChI is InChI=1S/C19H24N2O4S/c1-4-5-13(2)20-18(22)11-25-19(23)15-6-8-17(9-7-15)24-10-16-12-26-14(3)21-16/h6-9,12-13H,4-5,10-11H2,1-3H3,(H,20,22)/t13-/m1/s1. The Morgan fingerprint density at radius 2 is 2.00 bits per heavy atom. The number of hydrogen-bond acceptors (Lipinski definition) is 6. The van der Waals surface area contributed by atoms with Gasteiger partial charge in [-0.25, -0.2) is 9.78 Å². The molecule has 1 amide bonds. The highest BCUT2D eigenvalue weighted by Gasteiger charge is 2.12. The molecular formula is C19H24N2O4S. The van der Waals surface area contributed by atoms with E-state index in [1.807, 2.05) is 26.2 Å². The molecule has 0 bridgehead atoms. The van der Waals surface area contributed by atoms with E-state index in [9.17, 15) is 9.59 Å². The van der Waals surface area contributed by atoms with Crippen LogP contribution in [0.3, 0.4) is 0 Å². The van der Waals surface area contributed by atoms with Gasteiger partial charge in [-0.3, -0.25) is 4.79 Å². The van der Waals surface area contributed by atoms with Crippen molar-refractivity contribution < 1.29 is 19.1 Å². The molecule has 0 aliphatic heterocycles. The normalized spacial score (nSPS) is 11.7. The Hall–Kier alpha value is -2.41. The quantitative estimate of drug-likeness (QED) is 0.678. The van der Waals surface area contributed by atoms with E-state index in [2.05, 4.69) is 10.3 Å². The predicted molar refractivity (Wildman–Crippen MR) is 100 cm³/mol. The molecule has 140 valence electrons. The summed E-state index contributed by atoms with van der Waals surface area (Å²) in [5.74, 6) is -0.193. The Bertz CT molecular complexity index is 727. The van der Waals surface area contributed by atoms with E-state index >= 15 is 0 Å². The zero-order valence-electron chi connectivity index (χ0n) is 15.3. The van der Waals surface area contributed by atoms with Crippen LogP contribution in [0.1, 0.15) is 47.7 Å². The molecular weight excluding hydrogens is 352 g/mol. The maximum atomic E-state index is 12.0. The number of ether oxygens (including phenoxy) is 2. The first-order chi connectivity index (χ1) is 12.5. The Balaban J connectivity index is 1.77. The highest BCUT2D eigenvalue weighted by Crippen LogP contribution is 2.16. The van der Waals surface area contributed by atoms with Gasteiger partial charge in [-0.2, -0.15) is 0 Å². The Morgan fingerprint density at radius 1 is 1.27 bits per heavy atom. The molecule has 0 radical (unpaired) electrons.